The topological polar surface area (TPSA) is 66.8 Å². The first-order chi connectivity index (χ1) is 17.5. The van der Waals surface area contributed by atoms with Gasteiger partial charge in [0.15, 0.2) is 6.61 Å². The minimum Gasteiger partial charge on any atom is -0.482 e. The lowest BCUT2D eigenvalue weighted by atomic mass is 9.90. The Balaban J connectivity index is 1.57. The highest BCUT2D eigenvalue weighted by molar-refractivity contribution is 6.39. The van der Waals surface area contributed by atoms with Crippen LogP contribution in [0.3, 0.4) is 0 Å². The van der Waals surface area contributed by atoms with E-state index in [4.69, 9.17) is 21.4 Å². The summed E-state index contributed by atoms with van der Waals surface area (Å²) < 4.78 is 5.23. The first-order valence-corrected chi connectivity index (χ1v) is 11.8. The highest BCUT2D eigenvalue weighted by Crippen LogP contribution is 2.43. The second-order valence-corrected chi connectivity index (χ2v) is 8.79. The molecule has 178 valence electrons. The summed E-state index contributed by atoms with van der Waals surface area (Å²) in [6, 6.07) is 32.3. The third-order valence-corrected chi connectivity index (χ3v) is 6.25. The number of carbonyl (C=O) groups is 2. The van der Waals surface area contributed by atoms with Gasteiger partial charge in [-0.05, 0) is 47.0 Å². The molecule has 1 N–H and O–H groups in total. The Morgan fingerprint density at radius 3 is 2.14 bits per heavy atom. The van der Waals surface area contributed by atoms with Gasteiger partial charge in [0.2, 0.25) is 0 Å². The molecule has 0 unspecified atom stereocenters. The summed E-state index contributed by atoms with van der Waals surface area (Å²) >= 11 is 6.16. The van der Waals surface area contributed by atoms with Crippen LogP contribution in [0, 0.1) is 0 Å². The van der Waals surface area contributed by atoms with Crippen molar-refractivity contribution in [1.29, 1.82) is 0 Å². The zero-order valence-electron chi connectivity index (χ0n) is 19.2. The van der Waals surface area contributed by atoms with Gasteiger partial charge in [0, 0.05) is 16.2 Å². The normalized spacial score (nSPS) is 13.9. The zero-order valence-corrected chi connectivity index (χ0v) is 20.0. The SMILES string of the molecule is O=C(O)COc1ccc(CN2C(=O)/C(=C(\c3ccccc3)c3ccc(Cl)cc3)c3ccccc32)cc1. The summed E-state index contributed by atoms with van der Waals surface area (Å²) in [5.41, 5.74) is 5.95. The first-order valence-electron chi connectivity index (χ1n) is 11.4. The largest absolute Gasteiger partial charge is 0.482 e. The van der Waals surface area contributed by atoms with Crippen LogP contribution in [0.25, 0.3) is 11.1 Å². The molecule has 0 atom stereocenters. The summed E-state index contributed by atoms with van der Waals surface area (Å²) in [5, 5.41) is 9.44. The van der Waals surface area contributed by atoms with E-state index in [0.29, 0.717) is 22.9 Å². The molecule has 0 fully saturated rings. The molecule has 0 saturated heterocycles. The summed E-state index contributed by atoms with van der Waals surface area (Å²) in [5.74, 6) is -0.659. The summed E-state index contributed by atoms with van der Waals surface area (Å²) in [6.07, 6.45) is 0. The number of amides is 1. The van der Waals surface area contributed by atoms with Crippen molar-refractivity contribution in [2.45, 2.75) is 6.54 Å². The molecule has 1 aliphatic rings. The van der Waals surface area contributed by atoms with Crippen molar-refractivity contribution in [3.8, 4) is 5.75 Å². The van der Waals surface area contributed by atoms with Crippen molar-refractivity contribution in [3.05, 3.63) is 130 Å². The number of rotatable bonds is 7. The third kappa shape index (κ3) is 4.74. The maximum absolute atomic E-state index is 14.0. The van der Waals surface area contributed by atoms with Crippen molar-refractivity contribution >= 4 is 40.3 Å². The van der Waals surface area contributed by atoms with Crippen LogP contribution in [0.2, 0.25) is 5.02 Å². The number of fused-ring (bicyclic) bond motifs is 1. The summed E-state index contributed by atoms with van der Waals surface area (Å²) in [7, 11) is 0. The van der Waals surface area contributed by atoms with E-state index < -0.39 is 12.6 Å². The molecule has 1 amide bonds. The van der Waals surface area contributed by atoms with Gasteiger partial charge in [0.1, 0.15) is 5.75 Å². The molecule has 36 heavy (non-hydrogen) atoms. The number of carboxylic acid groups (broad SMARTS) is 1. The lowest BCUT2D eigenvalue weighted by Gasteiger charge is -2.18. The van der Waals surface area contributed by atoms with Crippen molar-refractivity contribution in [2.24, 2.45) is 0 Å². The number of ether oxygens (including phenoxy) is 1. The highest BCUT2D eigenvalue weighted by atomic mass is 35.5. The lowest BCUT2D eigenvalue weighted by Crippen LogP contribution is -2.26. The number of benzene rings is 4. The Labute approximate surface area is 213 Å². The maximum Gasteiger partial charge on any atom is 0.341 e. The molecular formula is C30H22ClNO4. The molecule has 6 heteroatoms. The fraction of sp³-hybridized carbons (Fsp3) is 0.0667. The number of carbonyl (C=O) groups excluding carboxylic acids is 1. The van der Waals surface area contributed by atoms with Gasteiger partial charge in [0.05, 0.1) is 17.8 Å². The lowest BCUT2D eigenvalue weighted by molar-refractivity contribution is -0.139. The van der Waals surface area contributed by atoms with Crippen LogP contribution in [-0.4, -0.2) is 23.6 Å². The van der Waals surface area contributed by atoms with Crippen molar-refractivity contribution in [3.63, 3.8) is 0 Å². The van der Waals surface area contributed by atoms with E-state index in [1.165, 1.54) is 0 Å². The van der Waals surface area contributed by atoms with Gasteiger partial charge in [-0.2, -0.15) is 0 Å². The second kappa shape index (κ2) is 10.1. The van der Waals surface area contributed by atoms with Crippen LogP contribution in [0.1, 0.15) is 22.3 Å². The van der Waals surface area contributed by atoms with Gasteiger partial charge in [0.25, 0.3) is 5.91 Å². The molecule has 1 aliphatic heterocycles. The number of nitrogens with zero attached hydrogens (tertiary/aromatic N) is 1. The molecule has 0 bridgehead atoms. The van der Waals surface area contributed by atoms with Gasteiger partial charge in [-0.25, -0.2) is 4.79 Å². The van der Waals surface area contributed by atoms with E-state index in [-0.39, 0.29) is 5.91 Å². The number of para-hydroxylation sites is 1. The predicted octanol–water partition coefficient (Wildman–Crippen LogP) is 6.31. The van der Waals surface area contributed by atoms with E-state index in [1.807, 2.05) is 91.0 Å². The van der Waals surface area contributed by atoms with E-state index in [0.717, 1.165) is 33.5 Å². The Bertz CT molecular complexity index is 1440. The van der Waals surface area contributed by atoms with Crippen LogP contribution >= 0.6 is 11.6 Å². The number of hydrogen-bond donors (Lipinski definition) is 1. The Kier molecular flexibility index (Phi) is 6.56. The monoisotopic (exact) mass is 495 g/mol. The van der Waals surface area contributed by atoms with Crippen molar-refractivity contribution in [1.82, 2.24) is 0 Å². The van der Waals surface area contributed by atoms with E-state index >= 15 is 0 Å². The molecule has 0 aromatic heterocycles. The van der Waals surface area contributed by atoms with Crippen LogP contribution in [0.5, 0.6) is 5.75 Å². The fourth-order valence-corrected chi connectivity index (χ4v) is 4.50. The molecule has 0 aliphatic carbocycles. The van der Waals surface area contributed by atoms with Gasteiger partial charge < -0.3 is 14.7 Å². The molecule has 4 aromatic rings. The molecular weight excluding hydrogens is 474 g/mol. The smallest absolute Gasteiger partial charge is 0.341 e. The van der Waals surface area contributed by atoms with Crippen LogP contribution < -0.4 is 9.64 Å². The van der Waals surface area contributed by atoms with Gasteiger partial charge >= 0.3 is 5.97 Å². The molecule has 4 aromatic carbocycles. The number of halogens is 1. The Hall–Kier alpha value is -4.35. The predicted molar refractivity (Wildman–Crippen MR) is 141 cm³/mol. The molecule has 0 spiro atoms. The third-order valence-electron chi connectivity index (χ3n) is 5.99. The van der Waals surface area contributed by atoms with Crippen LogP contribution in [-0.2, 0) is 16.1 Å². The molecule has 0 saturated carbocycles. The number of anilines is 1. The van der Waals surface area contributed by atoms with Crippen molar-refractivity contribution < 1.29 is 19.4 Å². The van der Waals surface area contributed by atoms with E-state index in [9.17, 15) is 9.59 Å². The highest BCUT2D eigenvalue weighted by Gasteiger charge is 2.35. The number of aliphatic carboxylic acids is 1. The van der Waals surface area contributed by atoms with Gasteiger partial charge in [-0.3, -0.25) is 4.79 Å². The standard InChI is InChI=1S/C30H22ClNO4/c31-23-14-12-22(13-15-23)28(21-6-2-1-3-7-21)29-25-8-4-5-9-26(25)32(30(29)35)18-20-10-16-24(17-11-20)36-19-27(33)34/h1-17H,18-19H2,(H,33,34)/b29-28+. The maximum atomic E-state index is 14.0. The molecule has 0 radical (unpaired) electrons. The molecule has 1 heterocycles. The first kappa shape index (κ1) is 23.4. The fourth-order valence-electron chi connectivity index (χ4n) is 4.37. The van der Waals surface area contributed by atoms with Gasteiger partial charge in [-0.1, -0.05) is 84.4 Å². The zero-order chi connectivity index (χ0) is 25.1. The van der Waals surface area contributed by atoms with Crippen molar-refractivity contribution in [2.75, 3.05) is 11.5 Å². The number of carboxylic acids is 1. The van der Waals surface area contributed by atoms with Crippen LogP contribution in [0.15, 0.2) is 103 Å². The summed E-state index contributed by atoms with van der Waals surface area (Å²) in [4.78, 5) is 26.5. The van der Waals surface area contributed by atoms with Crippen LogP contribution in [0.4, 0.5) is 5.69 Å². The molecule has 5 nitrogen and oxygen atoms in total. The second-order valence-electron chi connectivity index (χ2n) is 8.36. The Morgan fingerprint density at radius 1 is 0.806 bits per heavy atom. The number of hydrogen-bond acceptors (Lipinski definition) is 3. The average molecular weight is 496 g/mol. The summed E-state index contributed by atoms with van der Waals surface area (Å²) in [6.45, 7) is -0.0420. The van der Waals surface area contributed by atoms with Gasteiger partial charge in [-0.15, -0.1) is 0 Å². The minimum absolute atomic E-state index is 0.0868. The average Bonchev–Trinajstić information content (AvgIpc) is 3.17. The van der Waals surface area contributed by atoms with E-state index in [2.05, 4.69) is 0 Å². The van der Waals surface area contributed by atoms with E-state index in [1.54, 1.807) is 17.0 Å². The molecule has 5 rings (SSSR count). The minimum atomic E-state index is -1.03. The Morgan fingerprint density at radius 2 is 1.44 bits per heavy atom. The quantitative estimate of drug-likeness (QED) is 0.305.